The minimum Gasteiger partial charge on any atom is -0.478 e. The molecule has 2 saturated carbocycles. The van der Waals surface area contributed by atoms with E-state index in [4.69, 9.17) is 34.0 Å². The van der Waals surface area contributed by atoms with Crippen molar-refractivity contribution in [3.63, 3.8) is 0 Å². The maximum atomic E-state index is 14.7. The molecule has 12 rings (SSSR count). The van der Waals surface area contributed by atoms with Crippen LogP contribution in [0, 0.1) is 11.6 Å². The van der Waals surface area contributed by atoms with Gasteiger partial charge < -0.3 is 25.0 Å². The molecule has 0 unspecified atom stereocenters. The van der Waals surface area contributed by atoms with E-state index in [-0.39, 0.29) is 39.8 Å². The number of benzene rings is 2. The van der Waals surface area contributed by atoms with Gasteiger partial charge in [-0.1, -0.05) is 35.3 Å². The molecular formula is C46H40Cl2F2N18O3. The van der Waals surface area contributed by atoms with Crippen molar-refractivity contribution in [3.8, 4) is 11.4 Å². The Hall–Kier alpha value is -8.28. The fraction of sp³-hybridized carbons (Fsp3) is 0.217. The van der Waals surface area contributed by atoms with Gasteiger partial charge in [0.1, 0.15) is 35.6 Å². The van der Waals surface area contributed by atoms with Crippen molar-refractivity contribution in [1.82, 2.24) is 84.1 Å². The van der Waals surface area contributed by atoms with Gasteiger partial charge in [-0.05, 0) is 106 Å². The number of aromatic carboxylic acids is 1. The molecule has 21 nitrogen and oxygen atoms in total. The van der Waals surface area contributed by atoms with E-state index in [2.05, 4.69) is 81.1 Å². The van der Waals surface area contributed by atoms with Crippen LogP contribution in [0.15, 0.2) is 111 Å². The standard InChI is InChI=1S/C23H19ClFN9O.C15H14N4O2.C8H7ClFN5/c24-19-4-5-20(34-13-27-30-31-34)18(22(19)25)8-26-23(35)16-7-28-33(10-16)12-17-11-32-9-15(14-1-2-14)3-6-21(32)29-17;20-15(21)12-5-16-19(7-12)9-13-8-18-6-11(10-1-2-10)3-4-14(18)17-13;9-6-1-2-7(5(3-11)8(6)10)15-4-12-13-14-15/h3-7,9-11,13-14H,1-2,8,12H2,(H,26,35);3-8,10H,1-2,9H2,(H,20,21);1-2,4H,3,11H2. The monoisotopic (exact) mass is 1000 g/mol. The van der Waals surface area contributed by atoms with Crippen molar-refractivity contribution in [2.75, 3.05) is 0 Å². The first kappa shape index (κ1) is 46.4. The van der Waals surface area contributed by atoms with Gasteiger partial charge in [-0.25, -0.2) is 32.9 Å². The summed E-state index contributed by atoms with van der Waals surface area (Å²) in [6.07, 6.45) is 21.9. The summed E-state index contributed by atoms with van der Waals surface area (Å²) in [6, 6.07) is 14.4. The average Bonchev–Trinajstić information content (AvgIpc) is 3.83. The van der Waals surface area contributed by atoms with E-state index in [1.165, 1.54) is 89.6 Å². The van der Waals surface area contributed by atoms with Gasteiger partial charge >= 0.3 is 5.97 Å². The van der Waals surface area contributed by atoms with E-state index in [0.717, 1.165) is 22.7 Å². The predicted octanol–water partition coefficient (Wildman–Crippen LogP) is 6.22. The summed E-state index contributed by atoms with van der Waals surface area (Å²) < 4.78 is 38.2. The van der Waals surface area contributed by atoms with Crippen molar-refractivity contribution in [2.24, 2.45) is 5.73 Å². The Morgan fingerprint density at radius 2 is 1.15 bits per heavy atom. The van der Waals surface area contributed by atoms with E-state index in [0.29, 0.717) is 41.9 Å². The van der Waals surface area contributed by atoms with Crippen molar-refractivity contribution in [2.45, 2.75) is 63.7 Å². The van der Waals surface area contributed by atoms with Gasteiger partial charge in [0, 0.05) is 61.4 Å². The number of nitrogens with zero attached hydrogens (tertiary/aromatic N) is 16. The highest BCUT2D eigenvalue weighted by molar-refractivity contribution is 6.31. The summed E-state index contributed by atoms with van der Waals surface area (Å²) >= 11 is 11.6. The van der Waals surface area contributed by atoms with Crippen LogP contribution in [-0.4, -0.2) is 95.7 Å². The van der Waals surface area contributed by atoms with Crippen LogP contribution in [0.4, 0.5) is 8.78 Å². The Kier molecular flexibility index (Phi) is 13.1. The molecule has 8 aromatic heterocycles. The lowest BCUT2D eigenvalue weighted by molar-refractivity contribution is 0.0696. The maximum absolute atomic E-state index is 14.7. The number of hydrogen-bond donors (Lipinski definition) is 3. The van der Waals surface area contributed by atoms with Crippen molar-refractivity contribution < 1.29 is 23.5 Å². The number of carbonyl (C=O) groups excluding carboxylic acids is 1. The molecule has 360 valence electrons. The fourth-order valence-corrected chi connectivity index (χ4v) is 8.18. The molecule has 0 radical (unpaired) electrons. The van der Waals surface area contributed by atoms with Crippen LogP contribution in [0.5, 0.6) is 0 Å². The number of rotatable bonds is 13. The normalized spacial score (nSPS) is 13.2. The molecule has 2 aliphatic rings. The van der Waals surface area contributed by atoms with Gasteiger partial charge in [0.2, 0.25) is 0 Å². The molecule has 0 saturated heterocycles. The number of fused-ring (bicyclic) bond motifs is 2. The van der Waals surface area contributed by atoms with Gasteiger partial charge in [0.05, 0.1) is 69.4 Å². The first-order valence-electron chi connectivity index (χ1n) is 22.1. The van der Waals surface area contributed by atoms with Crippen LogP contribution < -0.4 is 11.1 Å². The molecule has 8 heterocycles. The van der Waals surface area contributed by atoms with Gasteiger partial charge in [0.15, 0.2) is 0 Å². The van der Waals surface area contributed by atoms with Crippen LogP contribution in [0.1, 0.15) is 91.9 Å². The number of hydrogen-bond acceptors (Lipinski definition) is 13. The number of tetrazole rings is 2. The third-order valence-electron chi connectivity index (χ3n) is 11.7. The lowest BCUT2D eigenvalue weighted by Gasteiger charge is -2.11. The quantitative estimate of drug-likeness (QED) is 0.116. The Labute approximate surface area is 410 Å². The summed E-state index contributed by atoms with van der Waals surface area (Å²) in [4.78, 5) is 32.8. The first-order chi connectivity index (χ1) is 34.5. The molecule has 0 atom stereocenters. The molecule has 0 spiro atoms. The number of nitrogens with two attached hydrogens (primary N) is 1. The van der Waals surface area contributed by atoms with Crippen LogP contribution in [-0.2, 0) is 26.2 Å². The number of carboxylic acid groups (broad SMARTS) is 1. The van der Waals surface area contributed by atoms with Crippen LogP contribution >= 0.6 is 23.2 Å². The molecule has 0 bridgehead atoms. The Morgan fingerprint density at radius 1 is 0.662 bits per heavy atom. The molecule has 71 heavy (non-hydrogen) atoms. The number of aromatic nitrogens is 16. The molecule has 4 N–H and O–H groups in total. The maximum Gasteiger partial charge on any atom is 0.338 e. The molecule has 0 aliphatic heterocycles. The summed E-state index contributed by atoms with van der Waals surface area (Å²) in [5.74, 6) is -1.17. The molecule has 2 fully saturated rings. The highest BCUT2D eigenvalue weighted by atomic mass is 35.5. The highest BCUT2D eigenvalue weighted by Crippen LogP contribution is 2.40. The zero-order valence-electron chi connectivity index (χ0n) is 37.2. The molecule has 25 heteroatoms. The van der Waals surface area contributed by atoms with Crippen molar-refractivity contribution >= 4 is 46.4 Å². The summed E-state index contributed by atoms with van der Waals surface area (Å²) in [5.41, 5.74) is 13.5. The van der Waals surface area contributed by atoms with E-state index in [9.17, 15) is 18.4 Å². The fourth-order valence-electron chi connectivity index (χ4n) is 7.82. The smallest absolute Gasteiger partial charge is 0.338 e. The van der Waals surface area contributed by atoms with Crippen molar-refractivity contribution in [3.05, 3.63) is 177 Å². The van der Waals surface area contributed by atoms with Gasteiger partial charge in [0.25, 0.3) is 5.91 Å². The SMILES string of the molecule is NCc1c(-n2cnnn2)ccc(Cl)c1F.O=C(NCc1c(-n2cnnn2)ccc(Cl)c1F)c1cnn(Cc2cn3cc(C4CC4)ccc3n2)c1.O=C(O)c1cnn(Cc2cn3cc(C4CC4)ccc3n2)c1. The van der Waals surface area contributed by atoms with Crippen LogP contribution in [0.25, 0.3) is 22.7 Å². The van der Waals surface area contributed by atoms with Crippen molar-refractivity contribution in [1.29, 1.82) is 0 Å². The van der Waals surface area contributed by atoms with E-state index in [1.807, 2.05) is 33.3 Å². The minimum absolute atomic E-state index is 0.0294. The van der Waals surface area contributed by atoms with E-state index in [1.54, 1.807) is 27.7 Å². The van der Waals surface area contributed by atoms with Crippen LogP contribution in [0.3, 0.4) is 0 Å². The zero-order chi connectivity index (χ0) is 49.2. The third kappa shape index (κ3) is 10.5. The predicted molar refractivity (Wildman–Crippen MR) is 251 cm³/mol. The van der Waals surface area contributed by atoms with Crippen LogP contribution in [0.2, 0.25) is 10.0 Å². The minimum atomic E-state index is -0.967. The third-order valence-corrected chi connectivity index (χ3v) is 12.3. The summed E-state index contributed by atoms with van der Waals surface area (Å²) in [5, 5.41) is 41.4. The Morgan fingerprint density at radius 3 is 1.62 bits per heavy atom. The Bertz CT molecular complexity index is 3530. The number of pyridine rings is 2. The second-order valence-electron chi connectivity index (χ2n) is 16.7. The first-order valence-corrected chi connectivity index (χ1v) is 22.9. The number of nitrogens with one attached hydrogen (secondary N) is 1. The summed E-state index contributed by atoms with van der Waals surface area (Å²) in [6.45, 7) is 0.802. The largest absolute Gasteiger partial charge is 0.478 e. The number of halogens is 4. The summed E-state index contributed by atoms with van der Waals surface area (Å²) in [7, 11) is 0. The topological polar surface area (TPSA) is 250 Å². The molecule has 2 aliphatic carbocycles. The molecule has 1 amide bonds. The molecule has 2 aromatic carbocycles. The van der Waals surface area contributed by atoms with Gasteiger partial charge in [-0.2, -0.15) is 10.2 Å². The average molecular weight is 1000 g/mol. The molecule has 10 aromatic rings. The van der Waals surface area contributed by atoms with Gasteiger partial charge in [-0.3, -0.25) is 14.2 Å². The highest BCUT2D eigenvalue weighted by Gasteiger charge is 2.25. The number of carboxylic acids is 1. The second-order valence-corrected chi connectivity index (χ2v) is 17.6. The second kappa shape index (κ2) is 20.0. The van der Waals surface area contributed by atoms with E-state index < -0.39 is 23.5 Å². The number of amides is 1. The lowest BCUT2D eigenvalue weighted by Crippen LogP contribution is -2.24. The zero-order valence-corrected chi connectivity index (χ0v) is 38.7. The number of imidazole rings is 2. The molecular weight excluding hydrogens is 962 g/mol. The van der Waals surface area contributed by atoms with Gasteiger partial charge in [-0.15, -0.1) is 10.2 Å². The van der Waals surface area contributed by atoms with E-state index >= 15 is 0 Å². The lowest BCUT2D eigenvalue weighted by atomic mass is 10.1. The Balaban J connectivity index is 0.000000136. The number of carbonyl (C=O) groups is 2.